The highest BCUT2D eigenvalue weighted by molar-refractivity contribution is 7.90. The summed E-state index contributed by atoms with van der Waals surface area (Å²) in [6.07, 6.45) is 1.58. The Morgan fingerprint density at radius 2 is 1.60 bits per heavy atom. The molecular formula is C23H22N3O3S+. The van der Waals surface area contributed by atoms with E-state index in [-0.39, 0.29) is 10.8 Å². The zero-order chi connectivity index (χ0) is 21.0. The minimum Gasteiger partial charge on any atom is -0.322 e. The number of hydrogen-bond acceptors (Lipinski definition) is 3. The number of benzene rings is 3. The zero-order valence-corrected chi connectivity index (χ0v) is 17.1. The molecule has 3 aromatic rings. The van der Waals surface area contributed by atoms with Gasteiger partial charge in [-0.25, -0.2) is 0 Å². The molecule has 0 aromatic heterocycles. The quantitative estimate of drug-likeness (QED) is 0.591. The summed E-state index contributed by atoms with van der Waals surface area (Å²) in [5.41, 5.74) is 3.00. The number of rotatable bonds is 5. The topological polar surface area (TPSA) is 89.2 Å². The van der Waals surface area contributed by atoms with E-state index in [1.807, 2.05) is 42.5 Å². The Hall–Kier alpha value is -3.45. The van der Waals surface area contributed by atoms with Gasteiger partial charge in [-0.15, -0.1) is 0 Å². The van der Waals surface area contributed by atoms with Gasteiger partial charge in [-0.05, 0) is 47.9 Å². The molecule has 1 heterocycles. The predicted molar refractivity (Wildman–Crippen MR) is 117 cm³/mol. The van der Waals surface area contributed by atoms with Crippen molar-refractivity contribution in [2.75, 3.05) is 11.9 Å². The van der Waals surface area contributed by atoms with Crippen LogP contribution in [0.2, 0.25) is 0 Å². The third-order valence-electron chi connectivity index (χ3n) is 4.86. The lowest BCUT2D eigenvalue weighted by molar-refractivity contribution is -0.448. The Morgan fingerprint density at radius 1 is 0.867 bits per heavy atom. The van der Waals surface area contributed by atoms with E-state index >= 15 is 0 Å². The second-order valence-electron chi connectivity index (χ2n) is 7.04. The number of amidine groups is 1. The van der Waals surface area contributed by atoms with Gasteiger partial charge in [0.15, 0.2) is 0 Å². The Labute approximate surface area is 175 Å². The number of amides is 1. The second kappa shape index (κ2) is 8.51. The van der Waals surface area contributed by atoms with Crippen molar-refractivity contribution in [2.45, 2.75) is 17.7 Å². The maximum atomic E-state index is 12.6. The molecule has 7 heteroatoms. The normalized spacial score (nSPS) is 13.5. The van der Waals surface area contributed by atoms with Crippen LogP contribution in [-0.4, -0.2) is 26.7 Å². The second-order valence-corrected chi connectivity index (χ2v) is 8.72. The van der Waals surface area contributed by atoms with Gasteiger partial charge in [0.05, 0.1) is 13.0 Å². The molecule has 30 heavy (non-hydrogen) atoms. The Kier molecular flexibility index (Phi) is 5.63. The molecule has 0 bridgehead atoms. The molecule has 0 radical (unpaired) electrons. The summed E-state index contributed by atoms with van der Waals surface area (Å²) in [5, 5.41) is 2.77. The molecule has 0 unspecified atom stereocenters. The van der Waals surface area contributed by atoms with Gasteiger partial charge < -0.3 is 5.32 Å². The van der Waals surface area contributed by atoms with Crippen molar-refractivity contribution >= 4 is 27.5 Å². The van der Waals surface area contributed by atoms with E-state index in [2.05, 4.69) is 15.0 Å². The molecule has 3 aromatic carbocycles. The average molecular weight is 421 g/mol. The van der Waals surface area contributed by atoms with E-state index in [9.17, 15) is 13.2 Å². The summed E-state index contributed by atoms with van der Waals surface area (Å²) >= 11 is 0. The molecule has 0 saturated carbocycles. The van der Waals surface area contributed by atoms with Crippen molar-refractivity contribution in [1.29, 1.82) is 0 Å². The summed E-state index contributed by atoms with van der Waals surface area (Å²) in [6, 6.07) is 23.4. The summed E-state index contributed by atoms with van der Waals surface area (Å²) < 4.78 is 27.7. The fourth-order valence-electron chi connectivity index (χ4n) is 3.29. The van der Waals surface area contributed by atoms with Gasteiger partial charge in [0.25, 0.3) is 11.7 Å². The summed E-state index contributed by atoms with van der Waals surface area (Å²) in [4.78, 5) is 15.7. The van der Waals surface area contributed by atoms with Crippen LogP contribution in [0.25, 0.3) is 11.1 Å². The summed E-state index contributed by atoms with van der Waals surface area (Å²) in [7, 11) is -3.70. The number of sulfonamides is 1. The van der Waals surface area contributed by atoms with E-state index in [0.29, 0.717) is 23.5 Å². The van der Waals surface area contributed by atoms with Crippen LogP contribution in [0.5, 0.6) is 0 Å². The number of hydrogen-bond donors (Lipinski definition) is 3. The van der Waals surface area contributed by atoms with Gasteiger partial charge in [0.2, 0.25) is 0 Å². The molecule has 0 aliphatic carbocycles. The highest BCUT2D eigenvalue weighted by Gasteiger charge is 2.24. The first kappa shape index (κ1) is 19.8. The molecule has 0 saturated heterocycles. The molecular weight excluding hydrogens is 398 g/mol. The van der Waals surface area contributed by atoms with Crippen LogP contribution in [0.4, 0.5) is 5.69 Å². The maximum absolute atomic E-state index is 12.6. The van der Waals surface area contributed by atoms with Gasteiger partial charge in [-0.2, -0.15) is 13.1 Å². The lowest BCUT2D eigenvalue weighted by atomic mass is 10.0. The lowest BCUT2D eigenvalue weighted by Crippen LogP contribution is -2.72. The zero-order valence-electron chi connectivity index (χ0n) is 16.3. The number of nitrogens with one attached hydrogen (secondary N) is 3. The van der Waals surface area contributed by atoms with Gasteiger partial charge in [-0.3, -0.25) is 9.79 Å². The van der Waals surface area contributed by atoms with Gasteiger partial charge in [0.1, 0.15) is 4.90 Å². The number of anilines is 1. The van der Waals surface area contributed by atoms with Crippen LogP contribution in [0.1, 0.15) is 23.2 Å². The lowest BCUT2D eigenvalue weighted by Gasteiger charge is -2.08. The van der Waals surface area contributed by atoms with Crippen molar-refractivity contribution in [2.24, 2.45) is 0 Å². The van der Waals surface area contributed by atoms with E-state index in [0.717, 1.165) is 24.1 Å². The van der Waals surface area contributed by atoms with Crippen LogP contribution in [0, 0.1) is 0 Å². The highest BCUT2D eigenvalue weighted by atomic mass is 32.2. The first-order valence-corrected chi connectivity index (χ1v) is 11.2. The molecule has 3 N–H and O–H groups in total. The van der Waals surface area contributed by atoms with Crippen LogP contribution < -0.4 is 15.0 Å². The van der Waals surface area contributed by atoms with Crippen molar-refractivity contribution in [3.8, 4) is 11.1 Å². The standard InChI is InChI=1S/C23H21N3O3S/c27-23(19-13-11-18(12-14-19)17-6-2-1-3-7-17)25-20-8-4-9-21(16-20)30(28,29)26-22-10-5-15-24-22/h1-4,6-9,11-14,16H,5,10,15H2,(H,24,26)(H,25,27)/p+1. The average Bonchev–Trinajstić information content (AvgIpc) is 3.27. The Balaban J connectivity index is 1.48. The smallest absolute Gasteiger partial charge is 0.322 e. The van der Waals surface area contributed by atoms with E-state index in [1.165, 1.54) is 12.1 Å². The molecule has 0 fully saturated rings. The van der Waals surface area contributed by atoms with Crippen LogP contribution in [0.15, 0.2) is 83.8 Å². The number of carbonyl (C=O) groups is 1. The van der Waals surface area contributed by atoms with Crippen molar-refractivity contribution in [1.82, 2.24) is 4.72 Å². The molecule has 1 aliphatic heterocycles. The molecule has 6 nitrogen and oxygen atoms in total. The van der Waals surface area contributed by atoms with Gasteiger partial charge in [0, 0.05) is 11.3 Å². The summed E-state index contributed by atoms with van der Waals surface area (Å²) in [6.45, 7) is 0.761. The highest BCUT2D eigenvalue weighted by Crippen LogP contribution is 2.20. The van der Waals surface area contributed by atoms with Crippen LogP contribution in [-0.2, 0) is 10.0 Å². The SMILES string of the molecule is O=C(Nc1cccc(S(=O)(=O)NC2=[NH+]CCC2)c1)c1ccc(-c2ccccc2)cc1. The Morgan fingerprint density at radius 3 is 2.30 bits per heavy atom. The fraction of sp³-hybridized carbons (Fsp3) is 0.130. The first-order chi connectivity index (χ1) is 14.5. The minimum atomic E-state index is -3.70. The molecule has 1 aliphatic rings. The van der Waals surface area contributed by atoms with Gasteiger partial charge in [-0.1, -0.05) is 48.5 Å². The monoisotopic (exact) mass is 420 g/mol. The van der Waals surface area contributed by atoms with Crippen molar-refractivity contribution in [3.05, 3.63) is 84.4 Å². The fourth-order valence-corrected chi connectivity index (χ4v) is 4.45. The van der Waals surface area contributed by atoms with Crippen molar-refractivity contribution < 1.29 is 18.2 Å². The minimum absolute atomic E-state index is 0.0981. The van der Waals surface area contributed by atoms with Crippen molar-refractivity contribution in [3.63, 3.8) is 0 Å². The summed E-state index contributed by atoms with van der Waals surface area (Å²) in [5.74, 6) is 0.298. The third kappa shape index (κ3) is 4.58. The van der Waals surface area contributed by atoms with E-state index in [4.69, 9.17) is 0 Å². The molecule has 152 valence electrons. The van der Waals surface area contributed by atoms with Gasteiger partial charge >= 0.3 is 10.0 Å². The third-order valence-corrected chi connectivity index (χ3v) is 6.25. The largest absolute Gasteiger partial charge is 0.328 e. The Bertz CT molecular complexity index is 1190. The van der Waals surface area contributed by atoms with Crippen LogP contribution >= 0.6 is 0 Å². The molecule has 1 amide bonds. The first-order valence-electron chi connectivity index (χ1n) is 9.71. The molecule has 0 atom stereocenters. The maximum Gasteiger partial charge on any atom is 0.328 e. The van der Waals surface area contributed by atoms with E-state index < -0.39 is 10.0 Å². The number of carbonyl (C=O) groups excluding carboxylic acids is 1. The molecule has 0 spiro atoms. The molecule has 4 rings (SSSR count). The predicted octanol–water partition coefficient (Wildman–Crippen LogP) is 2.16. The van der Waals surface area contributed by atoms with E-state index in [1.54, 1.807) is 24.3 Å². The van der Waals surface area contributed by atoms with Crippen LogP contribution in [0.3, 0.4) is 0 Å².